The number of aromatic nitrogens is 1. The molecule has 0 saturated carbocycles. The van der Waals surface area contributed by atoms with E-state index < -0.39 is 0 Å². The fourth-order valence-corrected chi connectivity index (χ4v) is 3.62. The van der Waals surface area contributed by atoms with Crippen molar-refractivity contribution in [2.45, 2.75) is 32.2 Å². The van der Waals surface area contributed by atoms with Crippen molar-refractivity contribution in [3.8, 4) is 5.75 Å². The molecule has 22 heavy (non-hydrogen) atoms. The van der Waals surface area contributed by atoms with Crippen molar-refractivity contribution in [3.63, 3.8) is 0 Å². The number of likely N-dealkylation sites (tertiary alicyclic amines) is 1. The summed E-state index contributed by atoms with van der Waals surface area (Å²) in [6.45, 7) is 2.79. The number of amides is 1. The van der Waals surface area contributed by atoms with Gasteiger partial charge in [-0.05, 0) is 37.5 Å². The molecule has 0 radical (unpaired) electrons. The average Bonchev–Trinajstić information content (AvgIpc) is 3.16. The second kappa shape index (κ2) is 6.48. The average molecular weight is 316 g/mol. The Bertz CT molecular complexity index is 668. The Morgan fingerprint density at radius 1 is 1.50 bits per heavy atom. The second-order valence-corrected chi connectivity index (χ2v) is 6.62. The van der Waals surface area contributed by atoms with Crippen molar-refractivity contribution in [1.82, 2.24) is 9.88 Å². The number of benzene rings is 1. The fraction of sp³-hybridized carbons (Fsp3) is 0.412. The summed E-state index contributed by atoms with van der Waals surface area (Å²) in [5.41, 5.74) is 2.03. The summed E-state index contributed by atoms with van der Waals surface area (Å²) in [5.74, 6) is 1.00. The smallest absolute Gasteiger partial charge is 0.229 e. The molecule has 1 amide bonds. The van der Waals surface area contributed by atoms with Crippen molar-refractivity contribution in [1.29, 1.82) is 0 Å². The van der Waals surface area contributed by atoms with E-state index in [1.807, 2.05) is 35.4 Å². The van der Waals surface area contributed by atoms with Gasteiger partial charge in [0.2, 0.25) is 5.91 Å². The first-order valence-electron chi connectivity index (χ1n) is 7.52. The Morgan fingerprint density at radius 2 is 2.36 bits per heavy atom. The molecule has 1 atom stereocenters. The Morgan fingerprint density at radius 3 is 3.09 bits per heavy atom. The van der Waals surface area contributed by atoms with Crippen LogP contribution in [0, 0.1) is 6.92 Å². The summed E-state index contributed by atoms with van der Waals surface area (Å²) in [7, 11) is 1.67. The molecular formula is C17H20N2O2S. The molecule has 4 nitrogen and oxygen atoms in total. The Kier molecular flexibility index (Phi) is 4.43. The van der Waals surface area contributed by atoms with Crippen molar-refractivity contribution in [2.75, 3.05) is 13.7 Å². The maximum atomic E-state index is 12.6. The molecule has 0 N–H and O–H groups in total. The predicted molar refractivity (Wildman–Crippen MR) is 87.2 cm³/mol. The third-order valence-electron chi connectivity index (χ3n) is 4.05. The highest BCUT2D eigenvalue weighted by molar-refractivity contribution is 7.09. The summed E-state index contributed by atoms with van der Waals surface area (Å²) in [6, 6.07) is 8.18. The van der Waals surface area contributed by atoms with E-state index in [0.717, 1.165) is 41.4 Å². The number of methoxy groups -OCH3 is 1. The molecule has 1 saturated heterocycles. The van der Waals surface area contributed by atoms with E-state index in [2.05, 4.69) is 11.1 Å². The number of ether oxygens (including phenoxy) is 1. The third-order valence-corrected chi connectivity index (χ3v) is 4.87. The van der Waals surface area contributed by atoms with E-state index in [9.17, 15) is 4.79 Å². The van der Waals surface area contributed by atoms with Gasteiger partial charge in [-0.2, -0.15) is 0 Å². The summed E-state index contributed by atoms with van der Waals surface area (Å²) in [6.07, 6.45) is 2.45. The number of thiazole rings is 1. The minimum atomic E-state index is 0.155. The SMILES string of the molecule is COc1cccc([C@@H]2CCCN2C(=O)Cc2csc(C)n2)c1. The Balaban J connectivity index is 1.75. The standard InChI is InChI=1S/C17H20N2O2S/c1-12-18-14(11-22-12)10-17(20)19-8-4-7-16(19)13-5-3-6-15(9-13)21-2/h3,5-6,9,11,16H,4,7-8,10H2,1-2H3/t16-/m0/s1. The molecule has 0 unspecified atom stereocenters. The normalized spacial score (nSPS) is 17.7. The molecule has 0 aliphatic carbocycles. The summed E-state index contributed by atoms with van der Waals surface area (Å²) < 4.78 is 5.30. The van der Waals surface area contributed by atoms with Gasteiger partial charge in [0.15, 0.2) is 0 Å². The number of hydrogen-bond acceptors (Lipinski definition) is 4. The van der Waals surface area contributed by atoms with Gasteiger partial charge < -0.3 is 9.64 Å². The lowest BCUT2D eigenvalue weighted by atomic mass is 10.0. The van der Waals surface area contributed by atoms with Gasteiger partial charge in [-0.1, -0.05) is 12.1 Å². The molecule has 1 aromatic heterocycles. The van der Waals surface area contributed by atoms with Crippen LogP contribution >= 0.6 is 11.3 Å². The molecule has 5 heteroatoms. The molecule has 1 aliphatic rings. The van der Waals surface area contributed by atoms with Crippen molar-refractivity contribution < 1.29 is 9.53 Å². The highest BCUT2D eigenvalue weighted by Crippen LogP contribution is 2.33. The number of carbonyl (C=O) groups excluding carboxylic acids is 1. The maximum absolute atomic E-state index is 12.6. The molecule has 1 fully saturated rings. The van der Waals surface area contributed by atoms with Gasteiger partial charge >= 0.3 is 0 Å². The summed E-state index contributed by atoms with van der Waals surface area (Å²) in [5, 5.41) is 2.98. The zero-order chi connectivity index (χ0) is 15.5. The van der Waals surface area contributed by atoms with Crippen LogP contribution in [0.1, 0.15) is 35.1 Å². The molecule has 1 aromatic carbocycles. The zero-order valence-corrected chi connectivity index (χ0v) is 13.7. The minimum absolute atomic E-state index is 0.155. The number of carbonyl (C=O) groups is 1. The molecule has 0 spiro atoms. The number of rotatable bonds is 4. The first kappa shape index (κ1) is 15.0. The molecule has 2 aromatic rings. The van der Waals surface area contributed by atoms with Crippen LogP contribution in [-0.2, 0) is 11.2 Å². The van der Waals surface area contributed by atoms with Crippen LogP contribution in [0.5, 0.6) is 5.75 Å². The van der Waals surface area contributed by atoms with Gasteiger partial charge in [0.05, 0.1) is 30.3 Å². The molecular weight excluding hydrogens is 296 g/mol. The Hall–Kier alpha value is -1.88. The van der Waals surface area contributed by atoms with E-state index in [4.69, 9.17) is 4.74 Å². The lowest BCUT2D eigenvalue weighted by molar-refractivity contribution is -0.131. The lowest BCUT2D eigenvalue weighted by Crippen LogP contribution is -2.31. The number of nitrogens with zero attached hydrogens (tertiary/aromatic N) is 2. The van der Waals surface area contributed by atoms with Crippen LogP contribution in [0.3, 0.4) is 0 Å². The van der Waals surface area contributed by atoms with Crippen molar-refractivity contribution in [3.05, 3.63) is 45.9 Å². The van der Waals surface area contributed by atoms with E-state index in [1.54, 1.807) is 18.4 Å². The van der Waals surface area contributed by atoms with Gasteiger partial charge in [0.1, 0.15) is 5.75 Å². The molecule has 116 valence electrons. The quantitative estimate of drug-likeness (QED) is 0.868. The van der Waals surface area contributed by atoms with Crippen LogP contribution in [0.4, 0.5) is 0 Å². The lowest BCUT2D eigenvalue weighted by Gasteiger charge is -2.25. The highest BCUT2D eigenvalue weighted by atomic mass is 32.1. The van der Waals surface area contributed by atoms with Crippen LogP contribution in [0.2, 0.25) is 0 Å². The molecule has 0 bridgehead atoms. The largest absolute Gasteiger partial charge is 0.497 e. The van der Waals surface area contributed by atoms with Gasteiger partial charge in [-0.15, -0.1) is 11.3 Å². The first-order chi connectivity index (χ1) is 10.7. The number of aryl methyl sites for hydroxylation is 1. The Labute approximate surface area is 134 Å². The zero-order valence-electron chi connectivity index (χ0n) is 12.9. The van der Waals surface area contributed by atoms with Crippen molar-refractivity contribution in [2.24, 2.45) is 0 Å². The summed E-state index contributed by atoms with van der Waals surface area (Å²) >= 11 is 1.59. The van der Waals surface area contributed by atoms with E-state index >= 15 is 0 Å². The van der Waals surface area contributed by atoms with E-state index in [-0.39, 0.29) is 11.9 Å². The monoisotopic (exact) mass is 316 g/mol. The fourth-order valence-electron chi connectivity index (χ4n) is 3.01. The first-order valence-corrected chi connectivity index (χ1v) is 8.40. The van der Waals surface area contributed by atoms with Gasteiger partial charge in [0.25, 0.3) is 0 Å². The molecule has 3 rings (SSSR count). The van der Waals surface area contributed by atoms with Crippen LogP contribution in [0.25, 0.3) is 0 Å². The maximum Gasteiger partial charge on any atom is 0.229 e. The minimum Gasteiger partial charge on any atom is -0.497 e. The second-order valence-electron chi connectivity index (χ2n) is 5.56. The number of hydrogen-bond donors (Lipinski definition) is 0. The summed E-state index contributed by atoms with van der Waals surface area (Å²) in [4.78, 5) is 19.0. The van der Waals surface area contributed by atoms with Gasteiger partial charge in [-0.25, -0.2) is 4.98 Å². The van der Waals surface area contributed by atoms with Crippen LogP contribution < -0.4 is 4.74 Å². The molecule has 1 aliphatic heterocycles. The van der Waals surface area contributed by atoms with Gasteiger partial charge in [0, 0.05) is 11.9 Å². The topological polar surface area (TPSA) is 42.4 Å². The van der Waals surface area contributed by atoms with E-state index in [0.29, 0.717) is 6.42 Å². The highest BCUT2D eigenvalue weighted by Gasteiger charge is 2.30. The third kappa shape index (κ3) is 3.14. The predicted octanol–water partition coefficient (Wildman–Crippen LogP) is 3.37. The van der Waals surface area contributed by atoms with Gasteiger partial charge in [-0.3, -0.25) is 4.79 Å². The van der Waals surface area contributed by atoms with Crippen LogP contribution in [-0.4, -0.2) is 29.4 Å². The van der Waals surface area contributed by atoms with Crippen molar-refractivity contribution >= 4 is 17.2 Å². The van der Waals surface area contributed by atoms with Crippen LogP contribution in [0.15, 0.2) is 29.6 Å². The van der Waals surface area contributed by atoms with E-state index in [1.165, 1.54) is 0 Å². The molecule has 2 heterocycles.